The van der Waals surface area contributed by atoms with Crippen LogP contribution in [0.5, 0.6) is 0 Å². The number of aromatic amines is 1. The van der Waals surface area contributed by atoms with Gasteiger partial charge in [-0.1, -0.05) is 6.07 Å². The Morgan fingerprint density at radius 2 is 1.37 bits per heavy atom. The average molecular weight is 388 g/mol. The highest BCUT2D eigenvalue weighted by molar-refractivity contribution is 5.84. The highest BCUT2D eigenvalue weighted by Crippen LogP contribution is 2.27. The van der Waals surface area contributed by atoms with Crippen LogP contribution in [0.4, 0.5) is 0 Å². The summed E-state index contributed by atoms with van der Waals surface area (Å²) in [7, 11) is 0. The van der Waals surface area contributed by atoms with Gasteiger partial charge < -0.3 is 9.38 Å². The van der Waals surface area contributed by atoms with Gasteiger partial charge in [-0.15, -0.1) is 0 Å². The number of hydrogen-bond donors (Lipinski definition) is 1. The van der Waals surface area contributed by atoms with E-state index in [4.69, 9.17) is 9.97 Å². The zero-order valence-electron chi connectivity index (χ0n) is 15.9. The van der Waals surface area contributed by atoms with Crippen molar-refractivity contribution in [3.8, 4) is 33.8 Å². The fraction of sp³-hybridized carbons (Fsp3) is 0. The van der Waals surface area contributed by atoms with Crippen LogP contribution < -0.4 is 0 Å². The van der Waals surface area contributed by atoms with Crippen LogP contribution in [0, 0.1) is 0 Å². The van der Waals surface area contributed by atoms with Crippen LogP contribution in [0.15, 0.2) is 91.8 Å². The molecule has 0 saturated heterocycles. The van der Waals surface area contributed by atoms with Crippen molar-refractivity contribution in [3.05, 3.63) is 91.8 Å². The molecule has 142 valence electrons. The van der Waals surface area contributed by atoms with Gasteiger partial charge in [-0.25, -0.2) is 9.97 Å². The van der Waals surface area contributed by atoms with E-state index in [1.54, 1.807) is 24.8 Å². The molecule has 6 rings (SSSR count). The lowest BCUT2D eigenvalue weighted by Gasteiger charge is -2.03. The van der Waals surface area contributed by atoms with Crippen molar-refractivity contribution >= 4 is 16.7 Å². The highest BCUT2D eigenvalue weighted by Gasteiger charge is 2.09. The summed E-state index contributed by atoms with van der Waals surface area (Å²) < 4.78 is 2.06. The maximum Gasteiger partial charge on any atom is 0.138 e. The van der Waals surface area contributed by atoms with Crippen molar-refractivity contribution in [3.63, 3.8) is 0 Å². The third kappa shape index (κ3) is 2.82. The van der Waals surface area contributed by atoms with E-state index in [-0.39, 0.29) is 0 Å². The Bertz CT molecular complexity index is 1370. The van der Waals surface area contributed by atoms with Gasteiger partial charge in [0.2, 0.25) is 0 Å². The van der Waals surface area contributed by atoms with E-state index >= 15 is 0 Å². The number of nitrogens with one attached hydrogen (secondary N) is 1. The van der Waals surface area contributed by atoms with E-state index in [0.717, 1.165) is 50.5 Å². The van der Waals surface area contributed by atoms with Gasteiger partial charge in [-0.2, -0.15) is 0 Å². The number of fused-ring (bicyclic) bond motifs is 2. The fourth-order valence-electron chi connectivity index (χ4n) is 3.66. The van der Waals surface area contributed by atoms with Gasteiger partial charge in [0, 0.05) is 48.3 Å². The summed E-state index contributed by atoms with van der Waals surface area (Å²) in [6.07, 6.45) is 11.3. The Morgan fingerprint density at radius 1 is 0.633 bits per heavy atom. The molecule has 0 aliphatic heterocycles. The molecular weight excluding hydrogens is 372 g/mol. The quantitative estimate of drug-likeness (QED) is 0.463. The standard InChI is InChI=1S/C24H16N6/c1-3-20-21(29-24(28-20)17-7-11-26-12-8-17)13-18(1)19-2-4-23-27-22(15-30(23)14-19)16-5-9-25-10-6-16/h1-15H,(H,28,29). The van der Waals surface area contributed by atoms with E-state index in [0.29, 0.717) is 0 Å². The highest BCUT2D eigenvalue weighted by atomic mass is 15.0. The summed E-state index contributed by atoms with van der Waals surface area (Å²) in [5.74, 6) is 0.844. The number of benzene rings is 1. The summed E-state index contributed by atoms with van der Waals surface area (Å²) in [5, 5.41) is 0. The first kappa shape index (κ1) is 16.6. The molecule has 5 heterocycles. The van der Waals surface area contributed by atoms with Crippen LogP contribution >= 0.6 is 0 Å². The van der Waals surface area contributed by atoms with Crippen molar-refractivity contribution in [2.45, 2.75) is 0 Å². The smallest absolute Gasteiger partial charge is 0.138 e. The van der Waals surface area contributed by atoms with Crippen LogP contribution in [-0.4, -0.2) is 29.3 Å². The molecule has 1 aromatic carbocycles. The SMILES string of the molecule is c1cc(-c2cn3cc(-c4ccc5nc(-c6ccncc6)[nH]c5c4)ccc3n2)ccn1. The molecular formula is C24H16N6. The maximum atomic E-state index is 4.72. The van der Waals surface area contributed by atoms with Gasteiger partial charge in [0.25, 0.3) is 0 Å². The minimum atomic E-state index is 0.844. The Labute approximate surface area is 171 Å². The molecule has 0 saturated carbocycles. The Balaban J connectivity index is 1.40. The number of pyridine rings is 3. The summed E-state index contributed by atoms with van der Waals surface area (Å²) in [6.45, 7) is 0. The van der Waals surface area contributed by atoms with Crippen LogP contribution in [0.25, 0.3) is 50.5 Å². The number of imidazole rings is 2. The molecule has 6 aromatic rings. The predicted molar refractivity (Wildman–Crippen MR) is 117 cm³/mol. The van der Waals surface area contributed by atoms with Crippen LogP contribution in [0.2, 0.25) is 0 Å². The zero-order valence-corrected chi connectivity index (χ0v) is 15.9. The normalized spacial score (nSPS) is 11.3. The fourth-order valence-corrected chi connectivity index (χ4v) is 3.66. The summed E-state index contributed by atoms with van der Waals surface area (Å²) in [5.41, 5.74) is 8.09. The van der Waals surface area contributed by atoms with Crippen LogP contribution in [0.3, 0.4) is 0 Å². The number of hydrogen-bond acceptors (Lipinski definition) is 4. The molecule has 30 heavy (non-hydrogen) atoms. The number of H-pyrrole nitrogens is 1. The van der Waals surface area contributed by atoms with Gasteiger partial charge in [0.15, 0.2) is 0 Å². The molecule has 0 unspecified atom stereocenters. The van der Waals surface area contributed by atoms with Gasteiger partial charge in [0.1, 0.15) is 11.5 Å². The summed E-state index contributed by atoms with van der Waals surface area (Å²) in [4.78, 5) is 21.0. The molecule has 1 N–H and O–H groups in total. The molecule has 0 atom stereocenters. The lowest BCUT2D eigenvalue weighted by atomic mass is 10.1. The van der Waals surface area contributed by atoms with E-state index in [1.165, 1.54) is 0 Å². The maximum absolute atomic E-state index is 4.72. The monoisotopic (exact) mass is 388 g/mol. The Morgan fingerprint density at radius 3 is 2.17 bits per heavy atom. The predicted octanol–water partition coefficient (Wildman–Crippen LogP) is 5.00. The first-order valence-electron chi connectivity index (χ1n) is 9.63. The molecule has 5 aromatic heterocycles. The first-order valence-corrected chi connectivity index (χ1v) is 9.63. The molecule has 6 heteroatoms. The van der Waals surface area contributed by atoms with Crippen molar-refractivity contribution in [2.75, 3.05) is 0 Å². The van der Waals surface area contributed by atoms with Gasteiger partial charge >= 0.3 is 0 Å². The van der Waals surface area contributed by atoms with Crippen LogP contribution in [-0.2, 0) is 0 Å². The first-order chi connectivity index (χ1) is 14.8. The van der Waals surface area contributed by atoms with E-state index < -0.39 is 0 Å². The second kappa shape index (κ2) is 6.63. The molecule has 0 bridgehead atoms. The minimum Gasteiger partial charge on any atom is -0.338 e. The van der Waals surface area contributed by atoms with Crippen molar-refractivity contribution < 1.29 is 0 Å². The largest absolute Gasteiger partial charge is 0.338 e. The third-order valence-electron chi connectivity index (χ3n) is 5.20. The van der Waals surface area contributed by atoms with Crippen LogP contribution in [0.1, 0.15) is 0 Å². The van der Waals surface area contributed by atoms with Gasteiger partial charge in [-0.05, 0) is 59.7 Å². The Hall–Kier alpha value is -4.32. The van der Waals surface area contributed by atoms with Gasteiger partial charge in [-0.3, -0.25) is 9.97 Å². The second-order valence-corrected chi connectivity index (χ2v) is 7.10. The second-order valence-electron chi connectivity index (χ2n) is 7.10. The summed E-state index contributed by atoms with van der Waals surface area (Å²) >= 11 is 0. The molecule has 0 aliphatic rings. The van der Waals surface area contributed by atoms with E-state index in [2.05, 4.69) is 43.7 Å². The lowest BCUT2D eigenvalue weighted by molar-refractivity contribution is 1.19. The summed E-state index contributed by atoms with van der Waals surface area (Å²) in [6, 6.07) is 18.3. The van der Waals surface area contributed by atoms with Crippen molar-refractivity contribution in [2.24, 2.45) is 0 Å². The van der Waals surface area contributed by atoms with Crippen molar-refractivity contribution in [1.29, 1.82) is 0 Å². The molecule has 0 amide bonds. The number of nitrogens with zero attached hydrogens (tertiary/aromatic N) is 5. The molecule has 6 nitrogen and oxygen atoms in total. The van der Waals surface area contributed by atoms with E-state index in [1.807, 2.05) is 42.6 Å². The molecule has 0 fully saturated rings. The van der Waals surface area contributed by atoms with Crippen molar-refractivity contribution in [1.82, 2.24) is 29.3 Å². The Kier molecular flexibility index (Phi) is 3.67. The molecule has 0 aliphatic carbocycles. The van der Waals surface area contributed by atoms with E-state index in [9.17, 15) is 0 Å². The number of aromatic nitrogens is 6. The van der Waals surface area contributed by atoms with Gasteiger partial charge in [0.05, 0.1) is 16.7 Å². The average Bonchev–Trinajstić information content (AvgIpc) is 3.43. The lowest BCUT2D eigenvalue weighted by Crippen LogP contribution is -1.85. The molecule has 0 spiro atoms. The number of rotatable bonds is 3. The molecule has 0 radical (unpaired) electrons. The topological polar surface area (TPSA) is 71.8 Å². The minimum absolute atomic E-state index is 0.844. The zero-order chi connectivity index (χ0) is 19.9. The third-order valence-corrected chi connectivity index (χ3v) is 5.20.